The van der Waals surface area contributed by atoms with Gasteiger partial charge in [-0.05, 0) is 43.3 Å². The van der Waals surface area contributed by atoms with Gasteiger partial charge in [0.1, 0.15) is 0 Å². The van der Waals surface area contributed by atoms with Gasteiger partial charge in [0.2, 0.25) is 0 Å². The van der Waals surface area contributed by atoms with Crippen molar-refractivity contribution in [1.82, 2.24) is 15.5 Å². The van der Waals surface area contributed by atoms with E-state index in [1.54, 1.807) is 42.5 Å². The Morgan fingerprint density at radius 3 is 2.73 bits per heavy atom. The number of nitrogens with zero attached hydrogens (tertiary/aromatic N) is 1. The number of esters is 1. The first-order chi connectivity index (χ1) is 16.0. The average Bonchev–Trinajstić information content (AvgIpc) is 2.77. The zero-order valence-corrected chi connectivity index (χ0v) is 19.1. The Morgan fingerprint density at radius 2 is 1.97 bits per heavy atom. The number of nitrogen functional groups attached to an aromatic ring is 1. The minimum atomic E-state index is -0.664. The maximum Gasteiger partial charge on any atom is 0.339 e. The first-order valence-corrected chi connectivity index (χ1v) is 11.1. The molecule has 0 radical (unpaired) electrons. The number of carbonyl (C=O) groups excluding carboxylic acids is 2. The molecule has 4 N–H and O–H groups in total. The van der Waals surface area contributed by atoms with Crippen molar-refractivity contribution < 1.29 is 19.1 Å². The predicted molar refractivity (Wildman–Crippen MR) is 128 cm³/mol. The van der Waals surface area contributed by atoms with Gasteiger partial charge in [0.25, 0.3) is 5.91 Å². The third-order valence-electron chi connectivity index (χ3n) is 5.44. The molecule has 3 atom stereocenters. The number of anilines is 1. The Kier molecular flexibility index (Phi) is 8.86. The number of rotatable bonds is 6. The second kappa shape index (κ2) is 12.0. The largest absolute Gasteiger partial charge is 0.439 e. The Bertz CT molecular complexity index is 936. The van der Waals surface area contributed by atoms with Crippen LogP contribution in [0.4, 0.5) is 5.69 Å². The number of hydrogen-bond acceptors (Lipinski definition) is 7. The van der Waals surface area contributed by atoms with E-state index in [0.717, 1.165) is 13.0 Å². The summed E-state index contributed by atoms with van der Waals surface area (Å²) in [6.07, 6.45) is 12.4. The molecule has 2 aliphatic heterocycles. The molecular formula is C25H32N4O4. The monoisotopic (exact) mass is 452 g/mol. The van der Waals surface area contributed by atoms with Crippen LogP contribution in [0.5, 0.6) is 0 Å². The molecule has 2 heterocycles. The van der Waals surface area contributed by atoms with E-state index in [1.165, 1.54) is 5.70 Å². The van der Waals surface area contributed by atoms with Crippen molar-refractivity contribution in [3.63, 3.8) is 0 Å². The Hall–Kier alpha value is -3.36. The minimum Gasteiger partial charge on any atom is -0.439 e. The standard InChI is InChI=1S/C25H32N4O4/c1-3-29(2)21-8-6-9-22(32-16-15-21)24(30)28-20-7-4-5-10-23(27-17-20)33-25(31)18-11-13-19(26)14-12-18/h4-7,9-15,20,22-23,27H,3,8,16-17,26H2,1-2H3,(H,28,30). The van der Waals surface area contributed by atoms with E-state index in [1.807, 2.05) is 31.4 Å². The molecule has 0 saturated carbocycles. The van der Waals surface area contributed by atoms with E-state index in [0.29, 0.717) is 24.4 Å². The lowest BCUT2D eigenvalue weighted by molar-refractivity contribution is -0.129. The molecule has 1 aromatic carbocycles. The number of amides is 1. The summed E-state index contributed by atoms with van der Waals surface area (Å²) in [7, 11) is 2.04. The van der Waals surface area contributed by atoms with Gasteiger partial charge in [-0.3, -0.25) is 10.1 Å². The van der Waals surface area contributed by atoms with Gasteiger partial charge in [0.15, 0.2) is 12.3 Å². The third kappa shape index (κ3) is 7.34. The Labute approximate surface area is 194 Å². The van der Waals surface area contributed by atoms with Gasteiger partial charge in [-0.25, -0.2) is 4.79 Å². The number of carbonyl (C=O) groups is 2. The van der Waals surface area contributed by atoms with E-state index in [-0.39, 0.29) is 11.9 Å². The van der Waals surface area contributed by atoms with Crippen LogP contribution in [0, 0.1) is 0 Å². The van der Waals surface area contributed by atoms with Crippen LogP contribution < -0.4 is 16.4 Å². The van der Waals surface area contributed by atoms with Crippen LogP contribution in [-0.2, 0) is 14.3 Å². The fourth-order valence-electron chi connectivity index (χ4n) is 3.37. The lowest BCUT2D eigenvalue weighted by atomic mass is 10.1. The van der Waals surface area contributed by atoms with E-state index < -0.39 is 18.3 Å². The van der Waals surface area contributed by atoms with Crippen LogP contribution in [0.15, 0.2) is 72.5 Å². The molecule has 3 unspecified atom stereocenters. The number of ether oxygens (including phenoxy) is 2. The summed E-state index contributed by atoms with van der Waals surface area (Å²) in [6, 6.07) is 6.25. The van der Waals surface area contributed by atoms with Crippen LogP contribution in [-0.4, -0.2) is 61.9 Å². The molecule has 3 rings (SSSR count). The molecule has 8 heteroatoms. The summed E-state index contributed by atoms with van der Waals surface area (Å²) in [6.45, 7) is 3.76. The van der Waals surface area contributed by atoms with Crippen molar-refractivity contribution in [3.8, 4) is 0 Å². The van der Waals surface area contributed by atoms with Gasteiger partial charge in [-0.1, -0.05) is 30.4 Å². The average molecular weight is 453 g/mol. The molecule has 176 valence electrons. The maximum absolute atomic E-state index is 12.8. The van der Waals surface area contributed by atoms with Crippen molar-refractivity contribution >= 4 is 17.6 Å². The predicted octanol–water partition coefficient (Wildman–Crippen LogP) is 2.13. The Morgan fingerprint density at radius 1 is 1.21 bits per heavy atom. The highest BCUT2D eigenvalue weighted by atomic mass is 16.6. The van der Waals surface area contributed by atoms with Crippen LogP contribution in [0.3, 0.4) is 0 Å². The normalized spacial score (nSPS) is 22.8. The summed E-state index contributed by atoms with van der Waals surface area (Å²) >= 11 is 0. The molecule has 0 spiro atoms. The topological polar surface area (TPSA) is 106 Å². The number of hydrogen-bond donors (Lipinski definition) is 3. The van der Waals surface area contributed by atoms with Gasteiger partial charge in [-0.15, -0.1) is 0 Å². The van der Waals surface area contributed by atoms with Crippen LogP contribution in [0.1, 0.15) is 23.7 Å². The minimum absolute atomic E-state index is 0.219. The molecule has 1 amide bonds. The van der Waals surface area contributed by atoms with Crippen molar-refractivity contribution in [2.45, 2.75) is 31.7 Å². The van der Waals surface area contributed by atoms with Crippen molar-refractivity contribution in [2.24, 2.45) is 0 Å². The van der Waals surface area contributed by atoms with E-state index in [2.05, 4.69) is 22.5 Å². The van der Waals surface area contributed by atoms with Crippen molar-refractivity contribution in [2.75, 3.05) is 32.5 Å². The Balaban J connectivity index is 1.52. The van der Waals surface area contributed by atoms with Gasteiger partial charge in [0, 0.05) is 37.9 Å². The van der Waals surface area contributed by atoms with Gasteiger partial charge in [0.05, 0.1) is 18.2 Å². The van der Waals surface area contributed by atoms with E-state index in [4.69, 9.17) is 15.2 Å². The number of nitrogens with one attached hydrogen (secondary N) is 2. The lowest BCUT2D eigenvalue weighted by Crippen LogP contribution is -2.48. The lowest BCUT2D eigenvalue weighted by Gasteiger charge is -2.25. The summed E-state index contributed by atoms with van der Waals surface area (Å²) in [5.41, 5.74) is 7.83. The summed E-state index contributed by atoms with van der Waals surface area (Å²) in [5, 5.41) is 6.12. The zero-order valence-electron chi connectivity index (χ0n) is 19.1. The van der Waals surface area contributed by atoms with Crippen LogP contribution in [0.2, 0.25) is 0 Å². The summed E-state index contributed by atoms with van der Waals surface area (Å²) < 4.78 is 11.3. The fourth-order valence-corrected chi connectivity index (χ4v) is 3.37. The number of benzene rings is 1. The molecule has 0 aromatic heterocycles. The first-order valence-electron chi connectivity index (χ1n) is 11.1. The molecule has 0 bridgehead atoms. The molecule has 0 aliphatic carbocycles. The van der Waals surface area contributed by atoms with Crippen LogP contribution >= 0.6 is 0 Å². The second-order valence-electron chi connectivity index (χ2n) is 7.84. The molecule has 1 aromatic rings. The molecule has 0 saturated heterocycles. The van der Waals surface area contributed by atoms with E-state index >= 15 is 0 Å². The second-order valence-corrected chi connectivity index (χ2v) is 7.84. The molecule has 2 aliphatic rings. The zero-order chi connectivity index (χ0) is 23.6. The molecular weight excluding hydrogens is 420 g/mol. The van der Waals surface area contributed by atoms with Crippen LogP contribution in [0.25, 0.3) is 0 Å². The highest BCUT2D eigenvalue weighted by Crippen LogP contribution is 2.13. The third-order valence-corrected chi connectivity index (χ3v) is 5.44. The van der Waals surface area contributed by atoms with E-state index in [9.17, 15) is 9.59 Å². The number of allylic oxidation sites excluding steroid dienone is 3. The smallest absolute Gasteiger partial charge is 0.339 e. The molecule has 8 nitrogen and oxygen atoms in total. The summed E-state index contributed by atoms with van der Waals surface area (Å²) in [5.74, 6) is -0.681. The van der Waals surface area contributed by atoms with Crippen molar-refractivity contribution in [1.29, 1.82) is 0 Å². The SMILES string of the molecule is CCN(C)C1=CCOC(C(=O)NC2C=CC=CC(OC(=O)c3ccc(N)cc3)NC2)C=CC1. The van der Waals surface area contributed by atoms with Gasteiger partial charge < -0.3 is 25.4 Å². The summed E-state index contributed by atoms with van der Waals surface area (Å²) in [4.78, 5) is 27.3. The van der Waals surface area contributed by atoms with Gasteiger partial charge in [-0.2, -0.15) is 0 Å². The highest BCUT2D eigenvalue weighted by Gasteiger charge is 2.21. The first kappa shape index (κ1) is 24.3. The number of nitrogens with two attached hydrogens (primary N) is 1. The molecule has 33 heavy (non-hydrogen) atoms. The van der Waals surface area contributed by atoms with Gasteiger partial charge >= 0.3 is 5.97 Å². The molecule has 0 fully saturated rings. The maximum atomic E-state index is 12.8. The highest BCUT2D eigenvalue weighted by molar-refractivity contribution is 5.90. The fraction of sp³-hybridized carbons (Fsp3) is 0.360. The van der Waals surface area contributed by atoms with Crippen molar-refractivity contribution in [3.05, 3.63) is 78.1 Å². The quantitative estimate of drug-likeness (QED) is 0.345.